The van der Waals surface area contributed by atoms with Crippen molar-refractivity contribution in [2.75, 3.05) is 66.7 Å². The molecule has 0 aromatic heterocycles. The van der Waals surface area contributed by atoms with Crippen LogP contribution in [-0.2, 0) is 23.9 Å². The highest BCUT2D eigenvalue weighted by Crippen LogP contribution is 2.34. The molecule has 3 rings (SSSR count). The number of carbonyl (C=O) groups is 3. The van der Waals surface area contributed by atoms with Gasteiger partial charge in [-0.15, -0.1) is 0 Å². The minimum absolute atomic E-state index is 0.0287. The Morgan fingerprint density at radius 3 is 2.43 bits per heavy atom. The molecule has 2 saturated heterocycles. The molecule has 1 saturated carbocycles. The zero-order chi connectivity index (χ0) is 20.1. The van der Waals surface area contributed by atoms with Crippen LogP contribution in [0.2, 0.25) is 0 Å². The van der Waals surface area contributed by atoms with Crippen LogP contribution in [0.1, 0.15) is 19.3 Å². The topological polar surface area (TPSA) is 91.4 Å². The van der Waals surface area contributed by atoms with E-state index in [-0.39, 0.29) is 36.3 Å². The fraction of sp³-hybridized carbons (Fsp3) is 0.842. The minimum atomic E-state index is -0.539. The van der Waals surface area contributed by atoms with Gasteiger partial charge in [-0.25, -0.2) is 0 Å². The molecule has 158 valence electrons. The normalized spacial score (nSPS) is 25.1. The van der Waals surface area contributed by atoms with Gasteiger partial charge in [-0.05, 0) is 19.3 Å². The van der Waals surface area contributed by atoms with Crippen LogP contribution in [0.5, 0.6) is 0 Å². The van der Waals surface area contributed by atoms with Crippen molar-refractivity contribution in [3.05, 3.63) is 0 Å². The Morgan fingerprint density at radius 2 is 1.82 bits per heavy atom. The number of nitrogens with zero attached hydrogens (tertiary/aromatic N) is 3. The summed E-state index contributed by atoms with van der Waals surface area (Å²) in [6, 6.07) is -0.705. The van der Waals surface area contributed by atoms with Gasteiger partial charge in [0.1, 0.15) is 12.6 Å². The quantitative estimate of drug-likeness (QED) is 0.561. The zero-order valence-electron chi connectivity index (χ0n) is 16.9. The van der Waals surface area contributed by atoms with Crippen molar-refractivity contribution in [3.8, 4) is 0 Å². The fourth-order valence-corrected chi connectivity index (χ4v) is 4.08. The third kappa shape index (κ3) is 4.82. The van der Waals surface area contributed by atoms with E-state index >= 15 is 0 Å². The van der Waals surface area contributed by atoms with Gasteiger partial charge in [-0.2, -0.15) is 0 Å². The van der Waals surface area contributed by atoms with Crippen molar-refractivity contribution in [3.63, 3.8) is 0 Å². The van der Waals surface area contributed by atoms with Gasteiger partial charge in [-0.1, -0.05) is 0 Å². The Labute approximate surface area is 166 Å². The van der Waals surface area contributed by atoms with Gasteiger partial charge in [-0.3, -0.25) is 14.4 Å². The minimum Gasteiger partial charge on any atom is -0.383 e. The average Bonchev–Trinajstić information content (AvgIpc) is 3.47. The third-order valence-corrected chi connectivity index (χ3v) is 5.77. The van der Waals surface area contributed by atoms with E-state index in [9.17, 15) is 14.4 Å². The number of hydrogen-bond donors (Lipinski definition) is 1. The Balaban J connectivity index is 1.75. The van der Waals surface area contributed by atoms with Gasteiger partial charge < -0.3 is 29.5 Å². The summed E-state index contributed by atoms with van der Waals surface area (Å²) in [5.74, 6) is -0.0255. The summed E-state index contributed by atoms with van der Waals surface area (Å²) in [7, 11) is 3.08. The Bertz CT molecular complexity index is 577. The van der Waals surface area contributed by atoms with Crippen LogP contribution in [0.3, 0.4) is 0 Å². The summed E-state index contributed by atoms with van der Waals surface area (Å²) in [5, 5.41) is 3.24. The van der Waals surface area contributed by atoms with Crippen LogP contribution in [0, 0.1) is 5.92 Å². The van der Waals surface area contributed by atoms with Gasteiger partial charge in [0.25, 0.3) is 0 Å². The molecular weight excluding hydrogens is 364 g/mol. The maximum Gasteiger partial charge on any atom is 0.249 e. The van der Waals surface area contributed by atoms with Crippen molar-refractivity contribution in [2.45, 2.75) is 31.3 Å². The molecule has 0 radical (unpaired) electrons. The van der Waals surface area contributed by atoms with Crippen molar-refractivity contribution in [1.82, 2.24) is 20.0 Å². The van der Waals surface area contributed by atoms with Crippen molar-refractivity contribution >= 4 is 17.7 Å². The zero-order valence-corrected chi connectivity index (χ0v) is 16.9. The van der Waals surface area contributed by atoms with E-state index in [0.29, 0.717) is 39.2 Å². The van der Waals surface area contributed by atoms with Crippen LogP contribution < -0.4 is 5.32 Å². The Hall–Kier alpha value is -1.71. The molecule has 1 N–H and O–H groups in total. The average molecular weight is 396 g/mol. The third-order valence-electron chi connectivity index (χ3n) is 5.77. The van der Waals surface area contributed by atoms with Gasteiger partial charge in [0.2, 0.25) is 17.7 Å². The number of likely N-dealkylation sites (tertiary alicyclic amines) is 1. The number of rotatable bonds is 8. The lowest BCUT2D eigenvalue weighted by Gasteiger charge is -2.32. The maximum atomic E-state index is 13.2. The number of hydrogen-bond acceptors (Lipinski definition) is 6. The summed E-state index contributed by atoms with van der Waals surface area (Å²) in [6.45, 7) is 4.03. The van der Waals surface area contributed by atoms with Crippen LogP contribution in [0.25, 0.3) is 0 Å². The second kappa shape index (κ2) is 9.67. The molecule has 2 aliphatic heterocycles. The van der Waals surface area contributed by atoms with Crippen molar-refractivity contribution < 1.29 is 23.9 Å². The first-order valence-corrected chi connectivity index (χ1v) is 10.1. The van der Waals surface area contributed by atoms with Crippen molar-refractivity contribution in [2.24, 2.45) is 5.92 Å². The second-order valence-corrected chi connectivity index (χ2v) is 7.76. The smallest absolute Gasteiger partial charge is 0.249 e. The molecule has 3 amide bonds. The van der Waals surface area contributed by atoms with Crippen LogP contribution in [0.4, 0.5) is 0 Å². The molecular formula is C19H32N4O5. The van der Waals surface area contributed by atoms with E-state index in [1.165, 1.54) is 7.11 Å². The lowest BCUT2D eigenvalue weighted by atomic mass is 10.1. The first-order chi connectivity index (χ1) is 13.6. The van der Waals surface area contributed by atoms with E-state index in [4.69, 9.17) is 9.47 Å². The lowest BCUT2D eigenvalue weighted by molar-refractivity contribution is -0.146. The van der Waals surface area contributed by atoms with Gasteiger partial charge in [0.15, 0.2) is 0 Å². The molecule has 0 bridgehead atoms. The van der Waals surface area contributed by atoms with Crippen LogP contribution in [-0.4, -0.2) is 111 Å². The van der Waals surface area contributed by atoms with Crippen molar-refractivity contribution in [1.29, 1.82) is 0 Å². The lowest BCUT2D eigenvalue weighted by Crippen LogP contribution is -2.53. The SMILES string of the molecule is COCCN(C(=O)C1CC1)C1CC(C(=O)N2CCNCC2)N(C(=O)COC)C1. The summed E-state index contributed by atoms with van der Waals surface area (Å²) >= 11 is 0. The molecule has 28 heavy (non-hydrogen) atoms. The number of nitrogens with one attached hydrogen (secondary N) is 1. The molecule has 3 fully saturated rings. The van der Waals surface area contributed by atoms with E-state index in [0.717, 1.165) is 25.9 Å². The van der Waals surface area contributed by atoms with E-state index in [1.54, 1.807) is 12.0 Å². The highest BCUT2D eigenvalue weighted by molar-refractivity contribution is 5.89. The molecule has 2 unspecified atom stereocenters. The highest BCUT2D eigenvalue weighted by atomic mass is 16.5. The summed E-state index contributed by atoms with van der Waals surface area (Å²) in [6.07, 6.45) is 2.31. The number of amides is 3. The Morgan fingerprint density at radius 1 is 1.11 bits per heavy atom. The van der Waals surface area contributed by atoms with Gasteiger partial charge >= 0.3 is 0 Å². The highest BCUT2D eigenvalue weighted by Gasteiger charge is 2.46. The molecule has 2 atom stereocenters. The summed E-state index contributed by atoms with van der Waals surface area (Å²) in [5.41, 5.74) is 0. The summed E-state index contributed by atoms with van der Waals surface area (Å²) < 4.78 is 10.2. The molecule has 9 heteroatoms. The number of carbonyl (C=O) groups excluding carboxylic acids is 3. The van der Waals surface area contributed by atoms with E-state index in [2.05, 4.69) is 5.32 Å². The molecule has 0 aromatic carbocycles. The van der Waals surface area contributed by atoms with E-state index in [1.807, 2.05) is 9.80 Å². The number of methoxy groups -OCH3 is 2. The largest absolute Gasteiger partial charge is 0.383 e. The first-order valence-electron chi connectivity index (χ1n) is 10.1. The molecule has 2 heterocycles. The Kier molecular flexibility index (Phi) is 7.25. The van der Waals surface area contributed by atoms with Crippen LogP contribution >= 0.6 is 0 Å². The predicted octanol–water partition coefficient (Wildman–Crippen LogP) is -1.08. The molecule has 0 spiro atoms. The number of ether oxygens (including phenoxy) is 2. The monoisotopic (exact) mass is 396 g/mol. The first kappa shape index (κ1) is 21.0. The summed E-state index contributed by atoms with van der Waals surface area (Å²) in [4.78, 5) is 43.9. The maximum absolute atomic E-state index is 13.2. The molecule has 0 aromatic rings. The second-order valence-electron chi connectivity index (χ2n) is 7.76. The van der Waals surface area contributed by atoms with Gasteiger partial charge in [0.05, 0.1) is 12.6 Å². The molecule has 3 aliphatic rings. The molecule has 9 nitrogen and oxygen atoms in total. The fourth-order valence-electron chi connectivity index (χ4n) is 4.08. The van der Waals surface area contributed by atoms with E-state index < -0.39 is 6.04 Å². The number of piperazine rings is 1. The standard InChI is InChI=1S/C19H32N4O5/c1-27-10-9-22(18(25)14-3-4-14)15-11-16(23(12-15)17(24)13-28-2)19(26)21-7-5-20-6-8-21/h14-16,20H,3-13H2,1-2H3. The van der Waals surface area contributed by atoms with Crippen LogP contribution in [0.15, 0.2) is 0 Å². The molecule has 1 aliphatic carbocycles. The van der Waals surface area contributed by atoms with Gasteiger partial charge in [0, 0.05) is 59.4 Å². The predicted molar refractivity (Wildman–Crippen MR) is 102 cm³/mol.